The minimum atomic E-state index is -0.390. The van der Waals surface area contributed by atoms with E-state index in [2.05, 4.69) is 0 Å². The third kappa shape index (κ3) is 3.87. The molecule has 0 fully saturated rings. The number of hydrogen-bond donors (Lipinski definition) is 1. The quantitative estimate of drug-likeness (QED) is 0.851. The molecular weight excluding hydrogens is 224 g/mol. The van der Waals surface area contributed by atoms with Crippen molar-refractivity contribution in [3.05, 3.63) is 40.9 Å². The van der Waals surface area contributed by atoms with E-state index in [0.717, 1.165) is 16.9 Å². The van der Waals surface area contributed by atoms with E-state index in [1.807, 2.05) is 38.1 Å². The van der Waals surface area contributed by atoms with Gasteiger partial charge in [-0.15, -0.1) is 0 Å². The van der Waals surface area contributed by atoms with Gasteiger partial charge in [0.05, 0.1) is 6.10 Å². The number of rotatable bonds is 5. The Labute approximate surface area is 102 Å². The zero-order valence-corrected chi connectivity index (χ0v) is 10.4. The van der Waals surface area contributed by atoms with Crippen molar-refractivity contribution in [2.75, 3.05) is 6.61 Å². The summed E-state index contributed by atoms with van der Waals surface area (Å²) in [6.07, 6.45) is 0.326. The molecule has 0 spiro atoms. The van der Waals surface area contributed by atoms with Crippen molar-refractivity contribution in [3.8, 4) is 5.75 Å². The van der Waals surface area contributed by atoms with Crippen molar-refractivity contribution in [1.29, 1.82) is 0 Å². The van der Waals surface area contributed by atoms with Gasteiger partial charge in [0, 0.05) is 5.54 Å². The van der Waals surface area contributed by atoms with Gasteiger partial charge in [0.2, 0.25) is 0 Å². The van der Waals surface area contributed by atoms with Gasteiger partial charge in [-0.1, -0.05) is 30.7 Å². The van der Waals surface area contributed by atoms with Crippen LogP contribution in [0.3, 0.4) is 0 Å². The van der Waals surface area contributed by atoms with Crippen LogP contribution in [-0.2, 0) is 0 Å². The van der Waals surface area contributed by atoms with Gasteiger partial charge >= 0.3 is 0 Å². The summed E-state index contributed by atoms with van der Waals surface area (Å²) in [5.41, 5.74) is 3.40. The van der Waals surface area contributed by atoms with Gasteiger partial charge < -0.3 is 9.84 Å². The van der Waals surface area contributed by atoms with Crippen LogP contribution in [0.4, 0.5) is 0 Å². The molecule has 0 amide bonds. The molecule has 1 N–H and O–H groups in total. The fourth-order valence-electron chi connectivity index (χ4n) is 1.25. The summed E-state index contributed by atoms with van der Waals surface area (Å²) in [6, 6.07) is 7.47. The van der Waals surface area contributed by atoms with Crippen LogP contribution in [-0.4, -0.2) is 11.7 Å². The van der Waals surface area contributed by atoms with Crippen molar-refractivity contribution >= 4 is 11.6 Å². The molecule has 0 saturated heterocycles. The van der Waals surface area contributed by atoms with Crippen LogP contribution in [0.2, 0.25) is 0 Å². The van der Waals surface area contributed by atoms with E-state index >= 15 is 0 Å². The first-order chi connectivity index (χ1) is 7.67. The fourth-order valence-corrected chi connectivity index (χ4v) is 1.31. The average Bonchev–Trinajstić information content (AvgIpc) is 2.35. The molecule has 0 aliphatic carbocycles. The molecule has 0 aromatic heterocycles. The first-order valence-electron chi connectivity index (χ1n) is 5.34. The van der Waals surface area contributed by atoms with Crippen LogP contribution in [0, 0.1) is 0 Å². The number of ether oxygens (including phenoxy) is 1. The minimum Gasteiger partial charge on any atom is -0.489 e. The summed E-state index contributed by atoms with van der Waals surface area (Å²) in [7, 11) is 0. The molecule has 2 nitrogen and oxygen atoms in total. The fraction of sp³-hybridized carbons (Fsp3) is 0.385. The summed E-state index contributed by atoms with van der Waals surface area (Å²) >= 11 is 5.53. The van der Waals surface area contributed by atoms with Crippen LogP contribution < -0.4 is 4.74 Å². The van der Waals surface area contributed by atoms with Gasteiger partial charge in [-0.2, -0.15) is 0 Å². The summed E-state index contributed by atoms with van der Waals surface area (Å²) < 4.78 is 5.49. The molecule has 0 radical (unpaired) electrons. The Bertz CT molecular complexity index is 343. The molecule has 1 rings (SSSR count). The Morgan fingerprint density at radius 1 is 1.44 bits per heavy atom. The van der Waals surface area contributed by atoms with E-state index in [1.54, 1.807) is 0 Å². The van der Waals surface area contributed by atoms with Crippen molar-refractivity contribution in [3.63, 3.8) is 0 Å². The Kier molecular flexibility index (Phi) is 5.36. The third-order valence-electron chi connectivity index (χ3n) is 2.30. The maximum absolute atomic E-state index is 9.61. The highest BCUT2D eigenvalue weighted by atomic mass is 35.5. The maximum atomic E-state index is 9.61. The SMILES string of the molecule is CC[C@H](O)c1ccc(OC/C(C)=C/Cl)cc1. The van der Waals surface area contributed by atoms with Crippen molar-refractivity contribution in [2.24, 2.45) is 0 Å². The van der Waals surface area contributed by atoms with Gasteiger partial charge in [-0.05, 0) is 36.6 Å². The minimum absolute atomic E-state index is 0.390. The molecule has 0 unspecified atom stereocenters. The van der Waals surface area contributed by atoms with E-state index in [4.69, 9.17) is 16.3 Å². The summed E-state index contributed by atoms with van der Waals surface area (Å²) in [5, 5.41) is 9.61. The van der Waals surface area contributed by atoms with E-state index in [0.29, 0.717) is 13.0 Å². The van der Waals surface area contributed by atoms with Crippen LogP contribution >= 0.6 is 11.6 Å². The molecule has 0 aliphatic rings. The lowest BCUT2D eigenvalue weighted by Gasteiger charge is -2.10. The summed E-state index contributed by atoms with van der Waals surface area (Å²) in [6.45, 7) is 4.34. The highest BCUT2D eigenvalue weighted by molar-refractivity contribution is 6.25. The summed E-state index contributed by atoms with van der Waals surface area (Å²) in [5.74, 6) is 0.782. The highest BCUT2D eigenvalue weighted by Crippen LogP contribution is 2.20. The van der Waals surface area contributed by atoms with Gasteiger partial charge in [-0.25, -0.2) is 0 Å². The third-order valence-corrected chi connectivity index (χ3v) is 2.68. The second-order valence-corrected chi connectivity index (χ2v) is 3.96. The van der Waals surface area contributed by atoms with Crippen LogP contribution in [0.5, 0.6) is 5.75 Å². The molecule has 1 atom stereocenters. The topological polar surface area (TPSA) is 29.5 Å². The van der Waals surface area contributed by atoms with E-state index in [-0.39, 0.29) is 0 Å². The molecule has 3 heteroatoms. The van der Waals surface area contributed by atoms with Crippen molar-refractivity contribution < 1.29 is 9.84 Å². The van der Waals surface area contributed by atoms with Gasteiger partial charge in [0.25, 0.3) is 0 Å². The predicted octanol–water partition coefficient (Wildman–Crippen LogP) is 3.65. The van der Waals surface area contributed by atoms with Gasteiger partial charge in [0.15, 0.2) is 0 Å². The molecule has 1 aromatic carbocycles. The molecule has 0 bridgehead atoms. The monoisotopic (exact) mass is 240 g/mol. The van der Waals surface area contributed by atoms with E-state index < -0.39 is 6.10 Å². The molecule has 16 heavy (non-hydrogen) atoms. The molecule has 88 valence electrons. The Hall–Kier alpha value is -0.990. The van der Waals surface area contributed by atoms with Crippen molar-refractivity contribution in [1.82, 2.24) is 0 Å². The van der Waals surface area contributed by atoms with Crippen LogP contribution in [0.15, 0.2) is 35.4 Å². The lowest BCUT2D eigenvalue weighted by Crippen LogP contribution is -1.99. The second kappa shape index (κ2) is 6.56. The second-order valence-electron chi connectivity index (χ2n) is 3.74. The lowest BCUT2D eigenvalue weighted by molar-refractivity contribution is 0.173. The van der Waals surface area contributed by atoms with Crippen molar-refractivity contribution in [2.45, 2.75) is 26.4 Å². The molecule has 0 aliphatic heterocycles. The zero-order valence-electron chi connectivity index (χ0n) is 9.61. The standard InChI is InChI=1S/C13H17ClO2/c1-3-13(15)11-4-6-12(7-5-11)16-9-10(2)8-14/h4-8,13,15H,3,9H2,1-2H3/b10-8+/t13-/m0/s1. The normalized spacial score (nSPS) is 13.6. The first-order valence-corrected chi connectivity index (χ1v) is 5.77. The molecule has 1 aromatic rings. The number of halogens is 1. The Balaban J connectivity index is 2.58. The largest absolute Gasteiger partial charge is 0.489 e. The van der Waals surface area contributed by atoms with E-state index in [1.165, 1.54) is 5.54 Å². The number of aliphatic hydroxyl groups is 1. The van der Waals surface area contributed by atoms with Crippen LogP contribution in [0.1, 0.15) is 31.9 Å². The number of benzene rings is 1. The Morgan fingerprint density at radius 3 is 2.56 bits per heavy atom. The molecule has 0 heterocycles. The predicted molar refractivity (Wildman–Crippen MR) is 66.8 cm³/mol. The maximum Gasteiger partial charge on any atom is 0.119 e. The molecular formula is C13H17ClO2. The highest BCUT2D eigenvalue weighted by Gasteiger charge is 2.04. The van der Waals surface area contributed by atoms with Crippen LogP contribution in [0.25, 0.3) is 0 Å². The Morgan fingerprint density at radius 2 is 2.06 bits per heavy atom. The van der Waals surface area contributed by atoms with E-state index in [9.17, 15) is 5.11 Å². The first kappa shape index (κ1) is 13.1. The van der Waals surface area contributed by atoms with Gasteiger partial charge in [0.1, 0.15) is 12.4 Å². The number of aliphatic hydroxyl groups excluding tert-OH is 1. The summed E-state index contributed by atoms with van der Waals surface area (Å²) in [4.78, 5) is 0. The average molecular weight is 241 g/mol. The zero-order chi connectivity index (χ0) is 12.0. The smallest absolute Gasteiger partial charge is 0.119 e. The lowest BCUT2D eigenvalue weighted by atomic mass is 10.1. The number of hydrogen-bond acceptors (Lipinski definition) is 2. The molecule has 0 saturated carbocycles. The van der Waals surface area contributed by atoms with Gasteiger partial charge in [-0.3, -0.25) is 0 Å².